The Morgan fingerprint density at radius 3 is 2.90 bits per heavy atom. The summed E-state index contributed by atoms with van der Waals surface area (Å²) in [6.07, 6.45) is 1.87. The van der Waals surface area contributed by atoms with Crippen LogP contribution < -0.4 is 5.32 Å². The van der Waals surface area contributed by atoms with E-state index in [2.05, 4.69) is 12.2 Å². The van der Waals surface area contributed by atoms with Gasteiger partial charge in [-0.3, -0.25) is 0 Å². The van der Waals surface area contributed by atoms with Crippen molar-refractivity contribution in [1.29, 1.82) is 0 Å². The predicted octanol–water partition coefficient (Wildman–Crippen LogP) is 2.67. The number of thioether (sulfide) groups is 1. The second-order valence-corrected chi connectivity index (χ2v) is 6.11. The molecule has 1 aromatic rings. The number of rotatable bonds is 4. The zero-order chi connectivity index (χ0) is 15.2. The molecule has 114 valence electrons. The number of carbonyl (C=O) groups excluding carboxylic acids is 1. The maximum atomic E-state index is 12.4. The van der Waals surface area contributed by atoms with E-state index in [-0.39, 0.29) is 6.03 Å². The van der Waals surface area contributed by atoms with E-state index in [0.717, 1.165) is 29.8 Å². The van der Waals surface area contributed by atoms with Gasteiger partial charge in [-0.15, -0.1) is 0 Å². The largest absolute Gasteiger partial charge is 0.480 e. The monoisotopic (exact) mass is 308 g/mol. The molecule has 1 saturated heterocycles. The van der Waals surface area contributed by atoms with Crippen molar-refractivity contribution in [2.45, 2.75) is 25.8 Å². The van der Waals surface area contributed by atoms with E-state index in [0.29, 0.717) is 12.3 Å². The number of nitrogens with zero attached hydrogens (tertiary/aromatic N) is 1. The fourth-order valence-corrected chi connectivity index (χ4v) is 3.41. The van der Waals surface area contributed by atoms with Gasteiger partial charge in [0.25, 0.3) is 0 Å². The van der Waals surface area contributed by atoms with E-state index in [1.165, 1.54) is 4.90 Å². The molecule has 1 fully saturated rings. The lowest BCUT2D eigenvalue weighted by atomic mass is 10.1. The zero-order valence-electron chi connectivity index (χ0n) is 12.0. The average Bonchev–Trinajstić information content (AvgIpc) is 2.49. The smallest absolute Gasteiger partial charge is 0.327 e. The Morgan fingerprint density at radius 2 is 2.19 bits per heavy atom. The van der Waals surface area contributed by atoms with Gasteiger partial charge in [-0.1, -0.05) is 31.5 Å². The summed E-state index contributed by atoms with van der Waals surface area (Å²) in [5, 5.41) is 12.1. The highest BCUT2D eigenvalue weighted by molar-refractivity contribution is 7.99. The Morgan fingerprint density at radius 1 is 1.43 bits per heavy atom. The van der Waals surface area contributed by atoms with Crippen LogP contribution in [-0.2, 0) is 11.2 Å². The Hall–Kier alpha value is -1.69. The van der Waals surface area contributed by atoms with E-state index < -0.39 is 12.0 Å². The Labute approximate surface area is 128 Å². The number of urea groups is 1. The number of nitrogens with one attached hydrogen (secondary N) is 1. The molecule has 0 aliphatic carbocycles. The molecule has 2 amide bonds. The van der Waals surface area contributed by atoms with Crippen LogP contribution >= 0.6 is 11.8 Å². The van der Waals surface area contributed by atoms with E-state index in [1.54, 1.807) is 11.8 Å². The Kier molecular flexibility index (Phi) is 5.50. The minimum Gasteiger partial charge on any atom is -0.480 e. The summed E-state index contributed by atoms with van der Waals surface area (Å²) in [6, 6.07) is 6.58. The van der Waals surface area contributed by atoms with Crippen LogP contribution in [0.3, 0.4) is 0 Å². The maximum absolute atomic E-state index is 12.4. The minimum absolute atomic E-state index is 0.328. The van der Waals surface area contributed by atoms with Gasteiger partial charge >= 0.3 is 12.0 Å². The first-order valence-electron chi connectivity index (χ1n) is 7.09. The average molecular weight is 308 g/mol. The summed E-state index contributed by atoms with van der Waals surface area (Å²) in [5.41, 5.74) is 1.85. The number of para-hydroxylation sites is 1. The molecule has 21 heavy (non-hydrogen) atoms. The molecule has 0 bridgehead atoms. The number of aliphatic carboxylic acids is 1. The summed E-state index contributed by atoms with van der Waals surface area (Å²) < 4.78 is 0. The van der Waals surface area contributed by atoms with Crippen molar-refractivity contribution in [2.24, 2.45) is 0 Å². The number of benzene rings is 1. The van der Waals surface area contributed by atoms with Gasteiger partial charge in [0.1, 0.15) is 6.04 Å². The summed E-state index contributed by atoms with van der Waals surface area (Å²) in [5.74, 6) is 0.270. The summed E-state index contributed by atoms with van der Waals surface area (Å²) in [7, 11) is 0. The van der Waals surface area contributed by atoms with Crippen LogP contribution in [0.2, 0.25) is 0 Å². The second-order valence-electron chi connectivity index (χ2n) is 4.96. The molecule has 1 atom stereocenters. The number of carboxylic acid groups (broad SMARTS) is 1. The first-order valence-corrected chi connectivity index (χ1v) is 8.25. The molecule has 2 N–H and O–H groups in total. The number of amides is 2. The van der Waals surface area contributed by atoms with Crippen molar-refractivity contribution in [2.75, 3.05) is 23.4 Å². The molecule has 1 unspecified atom stereocenters. The lowest BCUT2D eigenvalue weighted by molar-refractivity contribution is -0.141. The summed E-state index contributed by atoms with van der Waals surface area (Å²) >= 11 is 1.57. The highest BCUT2D eigenvalue weighted by atomic mass is 32.2. The van der Waals surface area contributed by atoms with Crippen LogP contribution in [0.15, 0.2) is 24.3 Å². The van der Waals surface area contributed by atoms with E-state index in [4.69, 9.17) is 0 Å². The van der Waals surface area contributed by atoms with Gasteiger partial charge < -0.3 is 15.3 Å². The molecular weight excluding hydrogens is 288 g/mol. The molecule has 1 heterocycles. The Balaban J connectivity index is 2.11. The summed E-state index contributed by atoms with van der Waals surface area (Å²) in [4.78, 5) is 25.1. The number of hydrogen-bond donors (Lipinski definition) is 2. The third-order valence-corrected chi connectivity index (χ3v) is 4.48. The van der Waals surface area contributed by atoms with Crippen molar-refractivity contribution in [3.05, 3.63) is 29.8 Å². The van der Waals surface area contributed by atoms with Gasteiger partial charge in [0, 0.05) is 23.7 Å². The van der Waals surface area contributed by atoms with Crippen LogP contribution in [0, 0.1) is 0 Å². The van der Waals surface area contributed by atoms with Crippen molar-refractivity contribution >= 4 is 29.4 Å². The first kappa shape index (κ1) is 15.7. The van der Waals surface area contributed by atoms with E-state index in [1.807, 2.05) is 24.3 Å². The van der Waals surface area contributed by atoms with E-state index >= 15 is 0 Å². The fourth-order valence-electron chi connectivity index (χ4n) is 2.37. The first-order chi connectivity index (χ1) is 10.1. The molecular formula is C15H20N2O3S. The normalized spacial score (nSPS) is 18.3. The number of carboxylic acids is 1. The van der Waals surface area contributed by atoms with E-state index in [9.17, 15) is 14.7 Å². The quantitative estimate of drug-likeness (QED) is 0.897. The number of hydrogen-bond acceptors (Lipinski definition) is 3. The molecule has 0 radical (unpaired) electrons. The third kappa shape index (κ3) is 3.91. The van der Waals surface area contributed by atoms with Crippen LogP contribution in [-0.4, -0.2) is 46.1 Å². The van der Waals surface area contributed by atoms with Crippen molar-refractivity contribution in [3.8, 4) is 0 Å². The molecule has 0 aromatic heterocycles. The molecule has 0 spiro atoms. The zero-order valence-corrected chi connectivity index (χ0v) is 12.9. The third-order valence-electron chi connectivity index (χ3n) is 3.45. The molecule has 5 nitrogen and oxygen atoms in total. The summed E-state index contributed by atoms with van der Waals surface area (Å²) in [6.45, 7) is 2.55. The maximum Gasteiger partial charge on any atom is 0.327 e. The molecule has 1 aromatic carbocycles. The minimum atomic E-state index is -0.945. The van der Waals surface area contributed by atoms with Gasteiger partial charge in [0.05, 0.1) is 0 Å². The standard InChI is InChI=1S/C15H20N2O3S/c1-2-5-11-6-3-4-7-12(11)16-15(20)17-8-9-21-10-13(17)14(18)19/h3-4,6-7,13H,2,5,8-10H2,1H3,(H,16,20)(H,18,19). The molecule has 1 aliphatic heterocycles. The van der Waals surface area contributed by atoms with Crippen molar-refractivity contribution < 1.29 is 14.7 Å². The lowest BCUT2D eigenvalue weighted by Crippen LogP contribution is -2.51. The van der Waals surface area contributed by atoms with Gasteiger partial charge in [-0.05, 0) is 18.1 Å². The van der Waals surface area contributed by atoms with Crippen LogP contribution in [0.5, 0.6) is 0 Å². The number of aryl methyl sites for hydroxylation is 1. The van der Waals surface area contributed by atoms with Gasteiger partial charge in [-0.25, -0.2) is 9.59 Å². The van der Waals surface area contributed by atoms with Crippen LogP contribution in [0.1, 0.15) is 18.9 Å². The van der Waals surface area contributed by atoms with Crippen LogP contribution in [0.25, 0.3) is 0 Å². The topological polar surface area (TPSA) is 69.6 Å². The van der Waals surface area contributed by atoms with Gasteiger partial charge in [0.2, 0.25) is 0 Å². The lowest BCUT2D eigenvalue weighted by Gasteiger charge is -2.32. The van der Waals surface area contributed by atoms with Crippen LogP contribution in [0.4, 0.5) is 10.5 Å². The molecule has 0 saturated carbocycles. The Bertz CT molecular complexity index is 521. The second kappa shape index (κ2) is 7.36. The molecule has 6 heteroatoms. The fraction of sp³-hybridized carbons (Fsp3) is 0.467. The highest BCUT2D eigenvalue weighted by Crippen LogP contribution is 2.21. The van der Waals surface area contributed by atoms with Gasteiger partial charge in [0.15, 0.2) is 0 Å². The van der Waals surface area contributed by atoms with Crippen molar-refractivity contribution in [1.82, 2.24) is 4.90 Å². The number of anilines is 1. The molecule has 2 rings (SSSR count). The number of carbonyl (C=O) groups is 2. The molecule has 1 aliphatic rings. The highest BCUT2D eigenvalue weighted by Gasteiger charge is 2.32. The predicted molar refractivity (Wildman–Crippen MR) is 84.9 cm³/mol. The van der Waals surface area contributed by atoms with Gasteiger partial charge in [-0.2, -0.15) is 11.8 Å². The SMILES string of the molecule is CCCc1ccccc1NC(=O)N1CCSCC1C(=O)O. The van der Waals surface area contributed by atoms with Crippen molar-refractivity contribution in [3.63, 3.8) is 0 Å².